The van der Waals surface area contributed by atoms with E-state index in [-0.39, 0.29) is 12.4 Å². The molecule has 3 N–H and O–H groups in total. The quantitative estimate of drug-likeness (QED) is 0.538. The van der Waals surface area contributed by atoms with Gasteiger partial charge in [0.05, 0.1) is 6.54 Å². The summed E-state index contributed by atoms with van der Waals surface area (Å²) in [7, 11) is 0. The molecule has 11 heavy (non-hydrogen) atoms. The maximum absolute atomic E-state index is 3.80. The fourth-order valence-electron chi connectivity index (χ4n) is 0.974. The smallest absolute Gasteiger partial charge is 0.0743 e. The molecule has 1 aromatic rings. The molecule has 0 spiro atoms. The monoisotopic (exact) mass is 171 g/mol. The van der Waals surface area contributed by atoms with E-state index in [0.717, 1.165) is 6.54 Å². The summed E-state index contributed by atoms with van der Waals surface area (Å²) >= 11 is 0. The van der Waals surface area contributed by atoms with E-state index in [1.807, 2.05) is 6.07 Å². The van der Waals surface area contributed by atoms with Crippen molar-refractivity contribution >= 4 is 0 Å². The summed E-state index contributed by atoms with van der Waals surface area (Å²) in [6.45, 7) is 1.04. The molecule has 1 aromatic carbocycles. The third kappa shape index (κ3) is 4.02. The van der Waals surface area contributed by atoms with E-state index in [4.69, 9.17) is 0 Å². The van der Waals surface area contributed by atoms with Crippen LogP contribution in [0.2, 0.25) is 0 Å². The minimum atomic E-state index is 0. The van der Waals surface area contributed by atoms with Crippen LogP contribution in [0.15, 0.2) is 30.3 Å². The van der Waals surface area contributed by atoms with Crippen LogP contribution in [0.3, 0.4) is 0 Å². The van der Waals surface area contributed by atoms with E-state index in [1.54, 1.807) is 0 Å². The normalized spacial score (nSPS) is 8.82. The van der Waals surface area contributed by atoms with Gasteiger partial charge >= 0.3 is 0 Å². The highest BCUT2D eigenvalue weighted by Crippen LogP contribution is 2.00. The third-order valence-electron chi connectivity index (χ3n) is 1.56. The highest BCUT2D eigenvalue weighted by Gasteiger charge is 1.88. The van der Waals surface area contributed by atoms with Crippen LogP contribution in [0.4, 0.5) is 0 Å². The molecule has 0 aliphatic heterocycles. The van der Waals surface area contributed by atoms with Crippen molar-refractivity contribution < 1.29 is 18.1 Å². The zero-order valence-corrected chi connectivity index (χ0v) is 7.35. The van der Waals surface area contributed by atoms with Gasteiger partial charge in [-0.25, -0.2) is 0 Å². The van der Waals surface area contributed by atoms with Gasteiger partial charge in [0, 0.05) is 6.42 Å². The average molecular weight is 172 g/mol. The molecule has 0 atom stereocenters. The van der Waals surface area contributed by atoms with Crippen molar-refractivity contribution in [3.05, 3.63) is 35.9 Å². The number of hydrogen-bond acceptors (Lipinski definition) is 0. The average Bonchev–Trinajstić information content (AvgIpc) is 2.03. The second-order valence-corrected chi connectivity index (χ2v) is 2.44. The lowest BCUT2D eigenvalue weighted by Gasteiger charge is -1.95. The number of rotatable bonds is 3. The molecule has 62 valence electrons. The summed E-state index contributed by atoms with van der Waals surface area (Å²) in [5.41, 5.74) is 5.22. The molecular formula is C9H14ClN. The van der Waals surface area contributed by atoms with Gasteiger partial charge in [0.2, 0.25) is 0 Å². The number of halogens is 1. The van der Waals surface area contributed by atoms with Crippen LogP contribution in [-0.2, 0) is 6.42 Å². The van der Waals surface area contributed by atoms with Crippen molar-refractivity contribution in [1.82, 2.24) is 0 Å². The molecule has 0 aliphatic rings. The molecule has 0 aliphatic carbocycles. The standard InChI is InChI=1S/C9H13N.ClH/c10-8-4-7-9-5-2-1-3-6-9;/h1-3,5-6H,4,7-8,10H2;1H. The van der Waals surface area contributed by atoms with E-state index in [0.29, 0.717) is 0 Å². The van der Waals surface area contributed by atoms with Crippen LogP contribution >= 0.6 is 0 Å². The second-order valence-electron chi connectivity index (χ2n) is 2.44. The van der Waals surface area contributed by atoms with E-state index in [2.05, 4.69) is 30.0 Å². The second kappa shape index (κ2) is 6.20. The van der Waals surface area contributed by atoms with Crippen LogP contribution in [0, 0.1) is 0 Å². The van der Waals surface area contributed by atoms with Crippen molar-refractivity contribution in [2.75, 3.05) is 6.54 Å². The van der Waals surface area contributed by atoms with Gasteiger partial charge in [-0.15, -0.1) is 0 Å². The zero-order chi connectivity index (χ0) is 7.23. The lowest BCUT2D eigenvalue weighted by Crippen LogP contribution is -3.00. The Morgan fingerprint density at radius 2 is 1.73 bits per heavy atom. The Morgan fingerprint density at radius 3 is 2.27 bits per heavy atom. The number of hydrogen-bond donors (Lipinski definition) is 1. The molecule has 0 saturated carbocycles. The Morgan fingerprint density at radius 1 is 1.09 bits per heavy atom. The van der Waals surface area contributed by atoms with Gasteiger partial charge in [-0.05, 0) is 12.0 Å². The lowest BCUT2D eigenvalue weighted by molar-refractivity contribution is -0.368. The lowest BCUT2D eigenvalue weighted by atomic mass is 10.1. The maximum Gasteiger partial charge on any atom is 0.0743 e. The van der Waals surface area contributed by atoms with E-state index >= 15 is 0 Å². The van der Waals surface area contributed by atoms with E-state index in [9.17, 15) is 0 Å². The SMILES string of the molecule is [Cl-].[NH3+]CCCc1ccccc1. The molecule has 0 heterocycles. The van der Waals surface area contributed by atoms with Crippen molar-refractivity contribution in [1.29, 1.82) is 0 Å². The molecule has 0 bridgehead atoms. The summed E-state index contributed by atoms with van der Waals surface area (Å²) in [4.78, 5) is 0. The maximum atomic E-state index is 3.80. The van der Waals surface area contributed by atoms with Crippen molar-refractivity contribution in [3.63, 3.8) is 0 Å². The number of quaternary nitrogens is 1. The summed E-state index contributed by atoms with van der Waals surface area (Å²) in [6.07, 6.45) is 2.37. The molecule has 1 rings (SSSR count). The van der Waals surface area contributed by atoms with Crippen LogP contribution in [0.1, 0.15) is 12.0 Å². The van der Waals surface area contributed by atoms with Crippen molar-refractivity contribution in [2.45, 2.75) is 12.8 Å². The Labute approximate surface area is 74.0 Å². The third-order valence-corrected chi connectivity index (χ3v) is 1.56. The highest BCUT2D eigenvalue weighted by atomic mass is 35.5. The molecule has 1 nitrogen and oxygen atoms in total. The first-order valence-corrected chi connectivity index (χ1v) is 3.76. The van der Waals surface area contributed by atoms with Gasteiger partial charge < -0.3 is 18.1 Å². The first kappa shape index (κ1) is 10.5. The minimum Gasteiger partial charge on any atom is -1.00 e. The van der Waals surface area contributed by atoms with Crippen LogP contribution in [0.5, 0.6) is 0 Å². The predicted molar refractivity (Wildman–Crippen MR) is 42.5 cm³/mol. The van der Waals surface area contributed by atoms with Gasteiger partial charge in [0.1, 0.15) is 0 Å². The fraction of sp³-hybridized carbons (Fsp3) is 0.333. The van der Waals surface area contributed by atoms with Crippen LogP contribution in [-0.4, -0.2) is 6.54 Å². The zero-order valence-electron chi connectivity index (χ0n) is 6.59. The van der Waals surface area contributed by atoms with Gasteiger partial charge in [0.15, 0.2) is 0 Å². The van der Waals surface area contributed by atoms with Crippen LogP contribution < -0.4 is 18.1 Å². The van der Waals surface area contributed by atoms with Crippen LogP contribution in [0.25, 0.3) is 0 Å². The summed E-state index contributed by atoms with van der Waals surface area (Å²) in [5, 5.41) is 0. The predicted octanol–water partition coefficient (Wildman–Crippen LogP) is -2.13. The van der Waals surface area contributed by atoms with Gasteiger partial charge in [-0.1, -0.05) is 30.3 Å². The number of aryl methyl sites for hydroxylation is 1. The minimum absolute atomic E-state index is 0. The molecular weight excluding hydrogens is 158 g/mol. The Kier molecular flexibility index (Phi) is 5.90. The first-order chi connectivity index (χ1) is 4.93. The topological polar surface area (TPSA) is 27.6 Å². The Hall–Kier alpha value is -0.530. The van der Waals surface area contributed by atoms with E-state index in [1.165, 1.54) is 18.4 Å². The molecule has 0 unspecified atom stereocenters. The molecule has 0 saturated heterocycles. The van der Waals surface area contributed by atoms with E-state index < -0.39 is 0 Å². The molecule has 2 heteroatoms. The Balaban J connectivity index is 0.000001000. The molecule has 0 radical (unpaired) electrons. The van der Waals surface area contributed by atoms with Gasteiger partial charge in [-0.2, -0.15) is 0 Å². The Bertz CT molecular complexity index is 174. The van der Waals surface area contributed by atoms with Crippen molar-refractivity contribution in [3.8, 4) is 0 Å². The van der Waals surface area contributed by atoms with Gasteiger partial charge in [0.25, 0.3) is 0 Å². The molecule has 0 aromatic heterocycles. The molecule has 0 fully saturated rings. The first-order valence-electron chi connectivity index (χ1n) is 3.76. The number of benzene rings is 1. The molecule has 0 amide bonds. The highest BCUT2D eigenvalue weighted by molar-refractivity contribution is 5.14. The van der Waals surface area contributed by atoms with Crippen molar-refractivity contribution in [2.24, 2.45) is 0 Å². The fourth-order valence-corrected chi connectivity index (χ4v) is 0.974. The summed E-state index contributed by atoms with van der Waals surface area (Å²) < 4.78 is 0. The summed E-state index contributed by atoms with van der Waals surface area (Å²) in [6, 6.07) is 10.5. The largest absolute Gasteiger partial charge is 1.00 e. The van der Waals surface area contributed by atoms with Gasteiger partial charge in [-0.3, -0.25) is 0 Å². The summed E-state index contributed by atoms with van der Waals surface area (Å²) in [5.74, 6) is 0.